The summed E-state index contributed by atoms with van der Waals surface area (Å²) in [7, 11) is 0. The van der Waals surface area contributed by atoms with Crippen LogP contribution in [0.5, 0.6) is 5.75 Å². The topological polar surface area (TPSA) is 81.9 Å². The molecule has 0 spiro atoms. The molecule has 1 amide bonds. The third-order valence-corrected chi connectivity index (χ3v) is 5.18. The molecule has 0 aliphatic carbocycles. The monoisotopic (exact) mass is 389 g/mol. The lowest BCUT2D eigenvalue weighted by Gasteiger charge is -2.01. The van der Waals surface area contributed by atoms with Gasteiger partial charge in [-0.3, -0.25) is 10.1 Å². The molecule has 28 heavy (non-hydrogen) atoms. The van der Waals surface area contributed by atoms with E-state index in [2.05, 4.69) is 26.6 Å². The minimum Gasteiger partial charge on any atom is -0.493 e. The molecular formula is C20H15N5O2S. The quantitative estimate of drug-likeness (QED) is 0.577. The number of hydrogen-bond donors (Lipinski definition) is 1. The number of carbonyl (C=O) groups is 1. The van der Waals surface area contributed by atoms with Gasteiger partial charge in [-0.15, -0.1) is 16.4 Å². The van der Waals surface area contributed by atoms with Gasteiger partial charge in [0.15, 0.2) is 10.8 Å². The molecule has 8 heteroatoms. The number of nitrogens with zero attached hydrogens (tertiary/aromatic N) is 4. The molecule has 0 bridgehead atoms. The lowest BCUT2D eigenvalue weighted by atomic mass is 10.1. The molecule has 3 heterocycles. The van der Waals surface area contributed by atoms with E-state index in [1.54, 1.807) is 0 Å². The Morgan fingerprint density at radius 2 is 2.07 bits per heavy atom. The molecule has 1 N–H and O–H groups in total. The largest absolute Gasteiger partial charge is 0.493 e. The second-order valence-corrected chi connectivity index (χ2v) is 7.13. The average molecular weight is 389 g/mol. The fourth-order valence-electron chi connectivity index (χ4n) is 3.02. The zero-order chi connectivity index (χ0) is 18.9. The highest BCUT2D eigenvalue weighted by Crippen LogP contribution is 2.32. The van der Waals surface area contributed by atoms with E-state index >= 15 is 0 Å². The van der Waals surface area contributed by atoms with Crippen molar-refractivity contribution in [3.8, 4) is 22.7 Å². The van der Waals surface area contributed by atoms with Crippen molar-refractivity contribution in [2.45, 2.75) is 6.42 Å². The van der Waals surface area contributed by atoms with Crippen LogP contribution in [0, 0.1) is 0 Å². The number of anilines is 1. The lowest BCUT2D eigenvalue weighted by molar-refractivity contribution is 0.102. The van der Waals surface area contributed by atoms with Gasteiger partial charge in [-0.25, -0.2) is 4.98 Å². The third kappa shape index (κ3) is 3.14. The summed E-state index contributed by atoms with van der Waals surface area (Å²) in [6.07, 6.45) is 2.35. The molecule has 1 aliphatic heterocycles. The van der Waals surface area contributed by atoms with Crippen LogP contribution in [0.4, 0.5) is 5.13 Å². The van der Waals surface area contributed by atoms with E-state index in [9.17, 15) is 4.79 Å². The number of aromatic nitrogens is 4. The van der Waals surface area contributed by atoms with Crippen LogP contribution < -0.4 is 10.1 Å². The van der Waals surface area contributed by atoms with Gasteiger partial charge in [0.25, 0.3) is 5.91 Å². The van der Waals surface area contributed by atoms with Crippen LogP contribution in [0.15, 0.2) is 60.1 Å². The summed E-state index contributed by atoms with van der Waals surface area (Å²) in [6.45, 7) is 0.723. The van der Waals surface area contributed by atoms with Gasteiger partial charge in [-0.2, -0.15) is 9.90 Å². The normalized spacial score (nSPS) is 12.4. The second-order valence-electron chi connectivity index (χ2n) is 6.27. The summed E-state index contributed by atoms with van der Waals surface area (Å²) in [6, 6.07) is 15.5. The first-order valence-electron chi connectivity index (χ1n) is 8.77. The van der Waals surface area contributed by atoms with Crippen LogP contribution in [0.3, 0.4) is 0 Å². The fraction of sp³-hybridized carbons (Fsp3) is 0.100. The SMILES string of the molecule is O=C(Nc1nc(-c2ccc3c(c2)CCO3)cs1)c1cnn(-c2ccccc2)n1. The maximum Gasteiger partial charge on any atom is 0.279 e. The Morgan fingerprint density at radius 1 is 1.18 bits per heavy atom. The maximum absolute atomic E-state index is 12.5. The van der Waals surface area contributed by atoms with Crippen molar-refractivity contribution in [3.05, 3.63) is 71.4 Å². The smallest absolute Gasteiger partial charge is 0.279 e. The molecule has 7 nitrogen and oxygen atoms in total. The lowest BCUT2D eigenvalue weighted by Crippen LogP contribution is -2.13. The summed E-state index contributed by atoms with van der Waals surface area (Å²) >= 11 is 1.37. The minimum atomic E-state index is -0.342. The van der Waals surface area contributed by atoms with Gasteiger partial charge < -0.3 is 4.74 Å². The molecule has 0 radical (unpaired) electrons. The number of fused-ring (bicyclic) bond motifs is 1. The Hall–Kier alpha value is -3.52. The zero-order valence-electron chi connectivity index (χ0n) is 14.7. The highest BCUT2D eigenvalue weighted by atomic mass is 32.1. The first-order valence-corrected chi connectivity index (χ1v) is 9.65. The van der Waals surface area contributed by atoms with E-state index in [0.717, 1.165) is 35.7 Å². The molecule has 5 rings (SSSR count). The van der Waals surface area contributed by atoms with Crippen LogP contribution in [0.1, 0.15) is 16.1 Å². The average Bonchev–Trinajstić information content (AvgIpc) is 3.48. The number of hydrogen-bond acceptors (Lipinski definition) is 6. The summed E-state index contributed by atoms with van der Waals surface area (Å²) in [5.74, 6) is 0.597. The predicted octanol–water partition coefficient (Wildman–Crippen LogP) is 3.58. The van der Waals surface area contributed by atoms with Crippen molar-refractivity contribution < 1.29 is 9.53 Å². The number of benzene rings is 2. The molecule has 138 valence electrons. The van der Waals surface area contributed by atoms with E-state index in [0.29, 0.717) is 5.13 Å². The summed E-state index contributed by atoms with van der Waals surface area (Å²) in [4.78, 5) is 18.4. The van der Waals surface area contributed by atoms with Crippen LogP contribution in [0.2, 0.25) is 0 Å². The number of nitrogens with one attached hydrogen (secondary N) is 1. The van der Waals surface area contributed by atoms with E-state index in [1.807, 2.05) is 47.8 Å². The fourth-order valence-corrected chi connectivity index (χ4v) is 3.74. The Labute approximate surface area is 164 Å². The van der Waals surface area contributed by atoms with Gasteiger partial charge in [0.1, 0.15) is 5.75 Å². The van der Waals surface area contributed by atoms with Crippen molar-refractivity contribution in [1.82, 2.24) is 20.0 Å². The van der Waals surface area contributed by atoms with Gasteiger partial charge in [0, 0.05) is 17.4 Å². The van der Waals surface area contributed by atoms with Crippen LogP contribution in [-0.4, -0.2) is 32.5 Å². The number of carbonyl (C=O) groups excluding carboxylic acids is 1. The van der Waals surface area contributed by atoms with Gasteiger partial charge in [-0.1, -0.05) is 18.2 Å². The number of amides is 1. The number of ether oxygens (including phenoxy) is 1. The number of thiazole rings is 1. The molecule has 0 fully saturated rings. The van der Waals surface area contributed by atoms with Crippen molar-refractivity contribution >= 4 is 22.4 Å². The summed E-state index contributed by atoms with van der Waals surface area (Å²) in [5.41, 5.74) is 4.04. The van der Waals surface area contributed by atoms with Gasteiger partial charge in [-0.05, 0) is 35.9 Å². The molecule has 0 saturated carbocycles. The first-order chi connectivity index (χ1) is 13.8. The standard InChI is InChI=1S/C20H15N5O2S/c26-19(16-11-21-25(24-16)15-4-2-1-3-5-15)23-20-22-17(12-28-20)13-6-7-18-14(10-13)8-9-27-18/h1-7,10-12H,8-9H2,(H,22,23,26). The highest BCUT2D eigenvalue weighted by molar-refractivity contribution is 7.14. The molecule has 2 aromatic carbocycles. The van der Waals surface area contributed by atoms with Crippen molar-refractivity contribution in [2.75, 3.05) is 11.9 Å². The van der Waals surface area contributed by atoms with Gasteiger partial charge in [0.2, 0.25) is 0 Å². The van der Waals surface area contributed by atoms with E-state index in [-0.39, 0.29) is 11.6 Å². The van der Waals surface area contributed by atoms with Crippen molar-refractivity contribution in [2.24, 2.45) is 0 Å². The Morgan fingerprint density at radius 3 is 2.96 bits per heavy atom. The zero-order valence-corrected chi connectivity index (χ0v) is 15.5. The van der Waals surface area contributed by atoms with Crippen LogP contribution >= 0.6 is 11.3 Å². The Kier molecular flexibility index (Phi) is 4.10. The molecule has 1 aliphatic rings. The summed E-state index contributed by atoms with van der Waals surface area (Å²) in [5, 5.41) is 13.6. The Bertz CT molecular complexity index is 1150. The number of rotatable bonds is 4. The molecule has 4 aromatic rings. The minimum absolute atomic E-state index is 0.232. The predicted molar refractivity (Wildman–Crippen MR) is 106 cm³/mol. The number of para-hydroxylation sites is 1. The van der Waals surface area contributed by atoms with Crippen molar-refractivity contribution in [3.63, 3.8) is 0 Å². The maximum atomic E-state index is 12.5. The molecule has 2 aromatic heterocycles. The van der Waals surface area contributed by atoms with Gasteiger partial charge in [0.05, 0.1) is 24.2 Å². The third-order valence-electron chi connectivity index (χ3n) is 4.42. The summed E-state index contributed by atoms with van der Waals surface area (Å²) < 4.78 is 5.54. The Balaban J connectivity index is 1.32. The highest BCUT2D eigenvalue weighted by Gasteiger charge is 2.16. The van der Waals surface area contributed by atoms with E-state index < -0.39 is 0 Å². The van der Waals surface area contributed by atoms with Crippen LogP contribution in [0.25, 0.3) is 16.9 Å². The second kappa shape index (κ2) is 6.90. The van der Waals surface area contributed by atoms with Crippen molar-refractivity contribution in [1.29, 1.82) is 0 Å². The molecule has 0 atom stereocenters. The molecular weight excluding hydrogens is 374 g/mol. The molecule has 0 unspecified atom stereocenters. The van der Waals surface area contributed by atoms with Crippen LogP contribution in [-0.2, 0) is 6.42 Å². The van der Waals surface area contributed by atoms with E-state index in [1.165, 1.54) is 27.9 Å². The van der Waals surface area contributed by atoms with E-state index in [4.69, 9.17) is 4.74 Å². The van der Waals surface area contributed by atoms with Gasteiger partial charge >= 0.3 is 0 Å². The first kappa shape index (κ1) is 16.6. The molecule has 0 saturated heterocycles.